The van der Waals surface area contributed by atoms with Gasteiger partial charge < -0.3 is 24.3 Å². The molecule has 0 aliphatic heterocycles. The van der Waals surface area contributed by atoms with Gasteiger partial charge in [-0.1, -0.05) is 18.2 Å². The zero-order chi connectivity index (χ0) is 31.8. The largest absolute Gasteiger partial charge is 0.496 e. The molecule has 0 bridgehead atoms. The Morgan fingerprint density at radius 3 is 2.55 bits per heavy atom. The maximum atomic E-state index is 14.5. The number of hydrogen-bond acceptors (Lipinski definition) is 9. The van der Waals surface area contributed by atoms with Crippen LogP contribution in [0.1, 0.15) is 70.6 Å². The van der Waals surface area contributed by atoms with E-state index in [1.54, 1.807) is 27.9 Å². The van der Waals surface area contributed by atoms with Gasteiger partial charge in [-0.2, -0.15) is 0 Å². The van der Waals surface area contributed by atoms with Crippen molar-refractivity contribution in [1.29, 1.82) is 0 Å². The fourth-order valence-corrected chi connectivity index (χ4v) is 7.05. The number of aliphatic hydroxyl groups excluding tert-OH is 1. The minimum atomic E-state index is -1.51. The van der Waals surface area contributed by atoms with Crippen LogP contribution < -0.4 is 21.3 Å². The number of nitrogens with one attached hydrogen (secondary N) is 1. The topological polar surface area (TPSA) is 138 Å². The molecule has 3 heterocycles. The maximum Gasteiger partial charge on any atom is 0.333 e. The highest BCUT2D eigenvalue weighted by atomic mass is 32.1. The monoisotopic (exact) mass is 624 g/mol. The molecule has 1 aromatic carbocycles. The van der Waals surface area contributed by atoms with Gasteiger partial charge in [0.15, 0.2) is 0 Å². The Morgan fingerprint density at radius 1 is 1.20 bits per heavy atom. The van der Waals surface area contributed by atoms with E-state index in [0.29, 0.717) is 58.0 Å². The van der Waals surface area contributed by atoms with Crippen molar-refractivity contribution in [3.63, 3.8) is 0 Å². The van der Waals surface area contributed by atoms with Gasteiger partial charge in [0.1, 0.15) is 28.5 Å². The number of benzene rings is 1. The molecule has 0 unspecified atom stereocenters. The third kappa shape index (κ3) is 5.98. The Labute approximate surface area is 259 Å². The lowest BCUT2D eigenvalue weighted by Crippen LogP contribution is -2.56. The number of aromatic nitrogens is 3. The third-order valence-electron chi connectivity index (χ3n) is 8.21. The van der Waals surface area contributed by atoms with Crippen molar-refractivity contribution in [3.8, 4) is 16.5 Å². The molecule has 0 saturated heterocycles. The minimum absolute atomic E-state index is 0.0435. The number of para-hydroxylation sites is 1. The molecule has 1 aliphatic carbocycles. The number of hydrogen-bond donors (Lipinski definition) is 2. The van der Waals surface area contributed by atoms with E-state index in [-0.39, 0.29) is 24.8 Å². The van der Waals surface area contributed by atoms with Gasteiger partial charge in [-0.25, -0.2) is 14.3 Å². The minimum Gasteiger partial charge on any atom is -0.496 e. The number of aliphatic hydroxyl groups is 1. The van der Waals surface area contributed by atoms with Crippen molar-refractivity contribution >= 4 is 27.5 Å². The Kier molecular flexibility index (Phi) is 9.15. The van der Waals surface area contributed by atoms with Crippen molar-refractivity contribution < 1.29 is 23.8 Å². The highest BCUT2D eigenvalue weighted by Crippen LogP contribution is 2.38. The van der Waals surface area contributed by atoms with Crippen LogP contribution in [-0.2, 0) is 21.6 Å². The van der Waals surface area contributed by atoms with E-state index in [0.717, 1.165) is 10.1 Å². The Bertz CT molecular complexity index is 1740. The number of nitrogens with zero attached hydrogens (tertiary/aromatic N) is 3. The van der Waals surface area contributed by atoms with Crippen molar-refractivity contribution in [3.05, 3.63) is 68.7 Å². The normalized spacial score (nSPS) is 18.1. The van der Waals surface area contributed by atoms with Gasteiger partial charge in [0.05, 0.1) is 42.3 Å². The molecule has 4 aromatic rings. The van der Waals surface area contributed by atoms with Crippen molar-refractivity contribution in [2.24, 2.45) is 0 Å². The van der Waals surface area contributed by atoms with Crippen LogP contribution in [-0.4, -0.2) is 50.5 Å². The summed E-state index contributed by atoms with van der Waals surface area (Å²) in [4.78, 5) is 47.5. The smallest absolute Gasteiger partial charge is 0.333 e. The predicted molar refractivity (Wildman–Crippen MR) is 168 cm³/mol. The maximum absolute atomic E-state index is 14.5. The molecule has 1 amide bonds. The van der Waals surface area contributed by atoms with E-state index in [1.165, 1.54) is 28.4 Å². The number of amides is 1. The molecule has 0 spiro atoms. The highest BCUT2D eigenvalue weighted by molar-refractivity contribution is 7.22. The summed E-state index contributed by atoms with van der Waals surface area (Å²) in [6.45, 7) is 8.63. The Morgan fingerprint density at radius 2 is 1.91 bits per heavy atom. The average molecular weight is 625 g/mol. The first kappa shape index (κ1) is 31.7. The summed E-state index contributed by atoms with van der Waals surface area (Å²) in [6, 6.07) is 7.29. The standard InChI is InChI=1S/C32H40N4O7S/c1-18(2)34-30(39)32(4,5)36-28(38)25-19(3)26(27-33-15-16-42-27)44-29(25)35(31(36)40)17-24(22-9-7-8-10-23(22)41-6)43-21-13-11-20(37)12-14-21/h7-10,15-16,18,20-21,24,37H,11-14,17H2,1-6H3,(H,34,39)/t20?,21?,24-/m0/s1. The molecular formula is C32H40N4O7S. The summed E-state index contributed by atoms with van der Waals surface area (Å²) in [5.74, 6) is 0.492. The number of carbonyl (C=O) groups is 1. The first-order valence-corrected chi connectivity index (χ1v) is 15.7. The molecule has 236 valence electrons. The van der Waals surface area contributed by atoms with Crippen molar-refractivity contribution in [2.45, 2.75) is 96.7 Å². The van der Waals surface area contributed by atoms with Crippen molar-refractivity contribution in [2.75, 3.05) is 7.11 Å². The van der Waals surface area contributed by atoms with Crippen LogP contribution in [0.25, 0.3) is 21.0 Å². The highest BCUT2D eigenvalue weighted by Gasteiger charge is 2.37. The molecule has 3 aromatic heterocycles. The second-order valence-electron chi connectivity index (χ2n) is 12.1. The van der Waals surface area contributed by atoms with E-state index in [4.69, 9.17) is 13.9 Å². The lowest BCUT2D eigenvalue weighted by atomic mass is 9.94. The van der Waals surface area contributed by atoms with E-state index >= 15 is 0 Å². The molecular weight excluding hydrogens is 584 g/mol. The molecule has 0 radical (unpaired) electrons. The molecule has 44 heavy (non-hydrogen) atoms. The summed E-state index contributed by atoms with van der Waals surface area (Å²) in [6.07, 6.45) is 4.43. The number of fused-ring (bicyclic) bond motifs is 1. The summed E-state index contributed by atoms with van der Waals surface area (Å²) in [5.41, 5.74) is -1.35. The number of thiophene rings is 1. The van der Waals surface area contributed by atoms with E-state index < -0.39 is 28.8 Å². The zero-order valence-corrected chi connectivity index (χ0v) is 26.8. The summed E-state index contributed by atoms with van der Waals surface area (Å²) < 4.78 is 20.5. The molecule has 11 nitrogen and oxygen atoms in total. The molecule has 12 heteroatoms. The molecule has 1 fully saturated rings. The van der Waals surface area contributed by atoms with Crippen LogP contribution in [0, 0.1) is 6.92 Å². The number of oxazole rings is 1. The Hall–Kier alpha value is -3.74. The average Bonchev–Trinajstić information content (AvgIpc) is 3.63. The fraction of sp³-hybridized carbons (Fsp3) is 0.500. The second kappa shape index (κ2) is 12.7. The number of carbonyl (C=O) groups excluding carboxylic acids is 1. The van der Waals surface area contributed by atoms with Gasteiger partial charge >= 0.3 is 5.69 Å². The number of methoxy groups -OCH3 is 1. The number of aryl methyl sites for hydroxylation is 1. The van der Waals surface area contributed by atoms with Crippen LogP contribution in [0.15, 0.2) is 50.7 Å². The molecule has 1 atom stereocenters. The summed E-state index contributed by atoms with van der Waals surface area (Å²) >= 11 is 1.24. The van der Waals surface area contributed by atoms with Gasteiger partial charge in [-0.15, -0.1) is 11.3 Å². The van der Waals surface area contributed by atoms with Gasteiger partial charge in [0, 0.05) is 11.6 Å². The zero-order valence-electron chi connectivity index (χ0n) is 26.0. The van der Waals surface area contributed by atoms with Crippen LogP contribution in [0.4, 0.5) is 0 Å². The Balaban J connectivity index is 1.74. The molecule has 1 aliphatic rings. The van der Waals surface area contributed by atoms with Crippen LogP contribution in [0.3, 0.4) is 0 Å². The third-order valence-corrected chi connectivity index (χ3v) is 9.51. The molecule has 1 saturated carbocycles. The van der Waals surface area contributed by atoms with E-state index in [9.17, 15) is 19.5 Å². The van der Waals surface area contributed by atoms with Crippen LogP contribution in [0.2, 0.25) is 0 Å². The van der Waals surface area contributed by atoms with Gasteiger partial charge in [0.25, 0.3) is 5.56 Å². The number of ether oxygens (including phenoxy) is 2. The van der Waals surface area contributed by atoms with E-state index in [2.05, 4.69) is 10.3 Å². The van der Waals surface area contributed by atoms with Gasteiger partial charge in [-0.3, -0.25) is 14.2 Å². The van der Waals surface area contributed by atoms with Crippen molar-refractivity contribution in [1.82, 2.24) is 19.4 Å². The van der Waals surface area contributed by atoms with Gasteiger partial charge in [-0.05, 0) is 71.9 Å². The number of rotatable bonds is 10. The van der Waals surface area contributed by atoms with E-state index in [1.807, 2.05) is 38.1 Å². The quantitative estimate of drug-likeness (QED) is 0.263. The molecule has 2 N–H and O–H groups in total. The van der Waals surface area contributed by atoms with Crippen LogP contribution in [0.5, 0.6) is 5.75 Å². The lowest BCUT2D eigenvalue weighted by molar-refractivity contribution is -0.129. The second-order valence-corrected chi connectivity index (χ2v) is 13.1. The fourth-order valence-electron chi connectivity index (χ4n) is 5.81. The molecule has 5 rings (SSSR count). The lowest BCUT2D eigenvalue weighted by Gasteiger charge is -2.31. The summed E-state index contributed by atoms with van der Waals surface area (Å²) in [5, 5.41) is 13.3. The SMILES string of the molecule is COc1ccccc1[C@H](Cn1c(=O)n(C(C)(C)C(=O)NC(C)C)c(=O)c2c(C)c(-c3ncco3)sc21)OC1CCC(O)CC1. The predicted octanol–water partition coefficient (Wildman–Crippen LogP) is 4.52. The first-order valence-electron chi connectivity index (χ1n) is 14.9. The van der Waals surface area contributed by atoms with Gasteiger partial charge in [0.2, 0.25) is 11.8 Å². The first-order chi connectivity index (χ1) is 20.9. The summed E-state index contributed by atoms with van der Waals surface area (Å²) in [7, 11) is 1.58. The van der Waals surface area contributed by atoms with Crippen LogP contribution >= 0.6 is 11.3 Å².